The maximum atomic E-state index is 14.6. The SMILES string of the molecule is CCCCCCCCCCc1cnc(-c2ccc(/C(F)=C(/F)CCCCCCC)c(F)c2)nc1. The standard InChI is InChI=1S/C29H41F3N2/c1-3-5-7-9-10-11-13-14-16-23-21-33-29(34-22-23)24-18-19-25(27(31)20-24)28(32)26(30)17-15-12-8-6-4-2/h18-22H,3-17H2,1-2H3/b28-26-. The van der Waals surface area contributed by atoms with Gasteiger partial charge in [-0.3, -0.25) is 0 Å². The molecule has 0 fully saturated rings. The minimum Gasteiger partial charge on any atom is -0.236 e. The van der Waals surface area contributed by atoms with Crippen LogP contribution in [-0.4, -0.2) is 9.97 Å². The highest BCUT2D eigenvalue weighted by atomic mass is 19.2. The number of benzene rings is 1. The Labute approximate surface area is 204 Å². The van der Waals surface area contributed by atoms with Gasteiger partial charge in [0.15, 0.2) is 11.7 Å². The second-order valence-corrected chi connectivity index (χ2v) is 9.22. The van der Waals surface area contributed by atoms with Crippen molar-refractivity contribution in [2.45, 2.75) is 110 Å². The van der Waals surface area contributed by atoms with E-state index in [9.17, 15) is 13.2 Å². The van der Waals surface area contributed by atoms with Gasteiger partial charge in [-0.25, -0.2) is 23.1 Å². The summed E-state index contributed by atoms with van der Waals surface area (Å²) in [5, 5.41) is 0. The Morgan fingerprint density at radius 2 is 1.29 bits per heavy atom. The van der Waals surface area contributed by atoms with Crippen molar-refractivity contribution in [3.05, 3.63) is 53.4 Å². The summed E-state index contributed by atoms with van der Waals surface area (Å²) in [6.45, 7) is 4.33. The molecule has 0 atom stereocenters. The molecule has 5 heteroatoms. The normalized spacial score (nSPS) is 12.1. The van der Waals surface area contributed by atoms with Crippen molar-refractivity contribution in [3.8, 4) is 11.4 Å². The first-order valence-corrected chi connectivity index (χ1v) is 13.2. The molecule has 2 nitrogen and oxygen atoms in total. The van der Waals surface area contributed by atoms with E-state index in [-0.39, 0.29) is 12.0 Å². The fraction of sp³-hybridized carbons (Fsp3) is 0.586. The molecule has 0 saturated heterocycles. The molecule has 1 aromatic carbocycles. The average Bonchev–Trinajstić information content (AvgIpc) is 2.85. The summed E-state index contributed by atoms with van der Waals surface area (Å²) in [5.74, 6) is -2.42. The van der Waals surface area contributed by atoms with Crippen molar-refractivity contribution in [3.63, 3.8) is 0 Å². The van der Waals surface area contributed by atoms with Crippen molar-refractivity contribution in [2.75, 3.05) is 0 Å². The number of nitrogens with zero attached hydrogens (tertiary/aromatic N) is 2. The van der Waals surface area contributed by atoms with Crippen LogP contribution in [0.5, 0.6) is 0 Å². The fourth-order valence-electron chi connectivity index (χ4n) is 4.07. The Kier molecular flexibility index (Phi) is 13.6. The van der Waals surface area contributed by atoms with Crippen LogP contribution < -0.4 is 0 Å². The molecule has 0 aliphatic rings. The second kappa shape index (κ2) is 16.5. The Morgan fingerprint density at radius 1 is 0.735 bits per heavy atom. The summed E-state index contributed by atoms with van der Waals surface area (Å²) in [6, 6.07) is 3.99. The van der Waals surface area contributed by atoms with Crippen LogP contribution in [0.3, 0.4) is 0 Å². The number of unbranched alkanes of at least 4 members (excludes halogenated alkanes) is 11. The lowest BCUT2D eigenvalue weighted by atomic mass is 10.1. The molecular weight excluding hydrogens is 433 g/mol. The number of aromatic nitrogens is 2. The molecular formula is C29H41F3N2. The van der Waals surface area contributed by atoms with Crippen LogP contribution in [0, 0.1) is 5.82 Å². The summed E-state index contributed by atoms with van der Waals surface area (Å²) in [6.07, 6.45) is 19.2. The third-order valence-electron chi connectivity index (χ3n) is 6.23. The second-order valence-electron chi connectivity index (χ2n) is 9.22. The topological polar surface area (TPSA) is 25.8 Å². The first-order chi connectivity index (χ1) is 16.6. The van der Waals surface area contributed by atoms with Gasteiger partial charge in [-0.05, 0) is 37.0 Å². The van der Waals surface area contributed by atoms with Crippen LogP contribution >= 0.6 is 0 Å². The molecule has 2 aromatic rings. The molecule has 1 aromatic heterocycles. The molecule has 0 radical (unpaired) electrons. The van der Waals surface area contributed by atoms with E-state index in [0.29, 0.717) is 17.8 Å². The largest absolute Gasteiger partial charge is 0.236 e. The van der Waals surface area contributed by atoms with E-state index in [0.717, 1.165) is 44.1 Å². The summed E-state index contributed by atoms with van der Waals surface area (Å²) >= 11 is 0. The van der Waals surface area contributed by atoms with Gasteiger partial charge in [0.05, 0.1) is 0 Å². The summed E-state index contributed by atoms with van der Waals surface area (Å²) < 4.78 is 43.2. The molecule has 0 aliphatic heterocycles. The van der Waals surface area contributed by atoms with Crippen molar-refractivity contribution in [2.24, 2.45) is 0 Å². The molecule has 0 N–H and O–H groups in total. The van der Waals surface area contributed by atoms with Crippen molar-refractivity contribution in [1.29, 1.82) is 0 Å². The van der Waals surface area contributed by atoms with Gasteiger partial charge in [-0.2, -0.15) is 0 Å². The molecule has 0 saturated carbocycles. The van der Waals surface area contributed by atoms with Gasteiger partial charge in [0.1, 0.15) is 11.6 Å². The van der Waals surface area contributed by atoms with Gasteiger partial charge >= 0.3 is 0 Å². The van der Waals surface area contributed by atoms with Crippen LogP contribution in [0.4, 0.5) is 13.2 Å². The minimum atomic E-state index is -1.11. The van der Waals surface area contributed by atoms with Crippen molar-refractivity contribution >= 4 is 5.83 Å². The summed E-state index contributed by atoms with van der Waals surface area (Å²) in [4.78, 5) is 8.71. The molecule has 34 heavy (non-hydrogen) atoms. The Bertz CT molecular complexity index is 862. The zero-order valence-electron chi connectivity index (χ0n) is 21.0. The fourth-order valence-corrected chi connectivity index (χ4v) is 4.07. The zero-order chi connectivity index (χ0) is 24.6. The predicted octanol–water partition coefficient (Wildman–Crippen LogP) is 9.93. The van der Waals surface area contributed by atoms with E-state index >= 15 is 0 Å². The predicted molar refractivity (Wildman–Crippen MR) is 136 cm³/mol. The molecule has 1 heterocycles. The van der Waals surface area contributed by atoms with Gasteiger partial charge in [0.25, 0.3) is 0 Å². The first kappa shape index (κ1) is 28.1. The maximum absolute atomic E-state index is 14.6. The van der Waals surface area contributed by atoms with E-state index in [1.54, 1.807) is 18.5 Å². The molecule has 0 bridgehead atoms. The van der Waals surface area contributed by atoms with E-state index in [1.165, 1.54) is 57.1 Å². The van der Waals surface area contributed by atoms with Gasteiger partial charge in [0.2, 0.25) is 0 Å². The third-order valence-corrected chi connectivity index (χ3v) is 6.23. The highest BCUT2D eigenvalue weighted by molar-refractivity contribution is 5.65. The lowest BCUT2D eigenvalue weighted by molar-refractivity contribution is 0.527. The van der Waals surface area contributed by atoms with Gasteiger partial charge in [0, 0.05) is 29.9 Å². The Morgan fingerprint density at radius 3 is 1.88 bits per heavy atom. The average molecular weight is 475 g/mol. The first-order valence-electron chi connectivity index (χ1n) is 13.2. The summed E-state index contributed by atoms with van der Waals surface area (Å²) in [7, 11) is 0. The molecule has 0 spiro atoms. The lowest BCUT2D eigenvalue weighted by Gasteiger charge is -2.07. The van der Waals surface area contributed by atoms with E-state index in [4.69, 9.17) is 0 Å². The maximum Gasteiger partial charge on any atom is 0.164 e. The van der Waals surface area contributed by atoms with E-state index in [1.807, 2.05) is 0 Å². The zero-order valence-corrected chi connectivity index (χ0v) is 21.0. The monoisotopic (exact) mass is 474 g/mol. The van der Waals surface area contributed by atoms with Crippen LogP contribution in [0.1, 0.15) is 115 Å². The number of allylic oxidation sites excluding steroid dienone is 1. The number of halogens is 3. The molecule has 2 rings (SSSR count). The molecule has 0 aliphatic carbocycles. The van der Waals surface area contributed by atoms with Crippen LogP contribution in [-0.2, 0) is 6.42 Å². The van der Waals surface area contributed by atoms with Gasteiger partial charge < -0.3 is 0 Å². The number of hydrogen-bond acceptors (Lipinski definition) is 2. The minimum absolute atomic E-state index is 0.000168. The molecule has 0 unspecified atom stereocenters. The highest BCUT2D eigenvalue weighted by Gasteiger charge is 2.15. The quantitative estimate of drug-likeness (QED) is 0.213. The number of rotatable bonds is 17. The van der Waals surface area contributed by atoms with E-state index < -0.39 is 17.5 Å². The number of aryl methyl sites for hydroxylation is 1. The van der Waals surface area contributed by atoms with Gasteiger partial charge in [-0.15, -0.1) is 0 Å². The van der Waals surface area contributed by atoms with Crippen molar-refractivity contribution in [1.82, 2.24) is 9.97 Å². The third kappa shape index (κ3) is 9.99. The smallest absolute Gasteiger partial charge is 0.164 e. The highest BCUT2D eigenvalue weighted by Crippen LogP contribution is 2.29. The lowest BCUT2D eigenvalue weighted by Crippen LogP contribution is -1.95. The Balaban J connectivity index is 1.86. The van der Waals surface area contributed by atoms with Crippen LogP contribution in [0.15, 0.2) is 36.4 Å². The number of hydrogen-bond donors (Lipinski definition) is 0. The van der Waals surface area contributed by atoms with E-state index in [2.05, 4.69) is 23.8 Å². The Hall–Kier alpha value is -2.17. The van der Waals surface area contributed by atoms with Gasteiger partial charge in [-0.1, -0.05) is 90.5 Å². The van der Waals surface area contributed by atoms with Crippen LogP contribution in [0.2, 0.25) is 0 Å². The van der Waals surface area contributed by atoms with Crippen LogP contribution in [0.25, 0.3) is 17.2 Å². The molecule has 0 amide bonds. The van der Waals surface area contributed by atoms with Crippen molar-refractivity contribution < 1.29 is 13.2 Å². The summed E-state index contributed by atoms with van der Waals surface area (Å²) in [5.41, 5.74) is 1.16. The molecule has 188 valence electrons.